The number of rotatable bonds is 4. The van der Waals surface area contributed by atoms with Crippen LogP contribution in [0.3, 0.4) is 0 Å². The van der Waals surface area contributed by atoms with Crippen LogP contribution in [-0.4, -0.2) is 21.2 Å². The Balaban J connectivity index is 2.51. The van der Waals surface area contributed by atoms with Crippen molar-refractivity contribution in [2.75, 3.05) is 12.8 Å². The SMILES string of the molecule is Cc1ccccc1CCNS(C)(=O)=O. The average Bonchev–Trinajstić information content (AvgIpc) is 2.06. The number of hydrogen-bond acceptors (Lipinski definition) is 2. The minimum absolute atomic E-state index is 0.462. The van der Waals surface area contributed by atoms with Gasteiger partial charge in [-0.2, -0.15) is 0 Å². The summed E-state index contributed by atoms with van der Waals surface area (Å²) in [4.78, 5) is 0. The molecule has 1 aromatic rings. The van der Waals surface area contributed by atoms with Crippen LogP contribution < -0.4 is 4.72 Å². The van der Waals surface area contributed by atoms with Gasteiger partial charge in [-0.1, -0.05) is 24.3 Å². The van der Waals surface area contributed by atoms with E-state index in [9.17, 15) is 8.42 Å². The fourth-order valence-electron chi connectivity index (χ4n) is 1.26. The summed E-state index contributed by atoms with van der Waals surface area (Å²) >= 11 is 0. The van der Waals surface area contributed by atoms with E-state index >= 15 is 0 Å². The molecule has 1 N–H and O–H groups in total. The van der Waals surface area contributed by atoms with Crippen molar-refractivity contribution in [2.45, 2.75) is 13.3 Å². The third-order valence-corrected chi connectivity index (χ3v) is 2.75. The van der Waals surface area contributed by atoms with Gasteiger partial charge in [0.1, 0.15) is 0 Å². The van der Waals surface area contributed by atoms with Crippen molar-refractivity contribution in [2.24, 2.45) is 0 Å². The second kappa shape index (κ2) is 4.57. The van der Waals surface area contributed by atoms with Crippen molar-refractivity contribution < 1.29 is 8.42 Å². The lowest BCUT2D eigenvalue weighted by molar-refractivity contribution is 0.588. The van der Waals surface area contributed by atoms with E-state index in [4.69, 9.17) is 0 Å². The Morgan fingerprint density at radius 2 is 1.93 bits per heavy atom. The number of aryl methyl sites for hydroxylation is 1. The molecule has 1 rings (SSSR count). The van der Waals surface area contributed by atoms with Gasteiger partial charge >= 0.3 is 0 Å². The third kappa shape index (κ3) is 3.89. The molecular weight excluding hydrogens is 198 g/mol. The predicted octanol–water partition coefficient (Wildman–Crippen LogP) is 1.09. The maximum absolute atomic E-state index is 10.8. The summed E-state index contributed by atoms with van der Waals surface area (Å²) in [6, 6.07) is 7.97. The minimum Gasteiger partial charge on any atom is -0.215 e. The predicted molar refractivity (Wildman–Crippen MR) is 57.7 cm³/mol. The number of nitrogens with one attached hydrogen (secondary N) is 1. The summed E-state index contributed by atoms with van der Waals surface area (Å²) in [6.07, 6.45) is 1.91. The Morgan fingerprint density at radius 1 is 1.29 bits per heavy atom. The van der Waals surface area contributed by atoms with Crippen LogP contribution in [0, 0.1) is 6.92 Å². The highest BCUT2D eigenvalue weighted by molar-refractivity contribution is 7.88. The summed E-state index contributed by atoms with van der Waals surface area (Å²) in [6.45, 7) is 2.49. The molecule has 14 heavy (non-hydrogen) atoms. The summed E-state index contributed by atoms with van der Waals surface area (Å²) in [7, 11) is -3.06. The van der Waals surface area contributed by atoms with Crippen LogP contribution in [0.2, 0.25) is 0 Å². The van der Waals surface area contributed by atoms with Crippen LogP contribution in [0.4, 0.5) is 0 Å². The third-order valence-electron chi connectivity index (χ3n) is 2.02. The zero-order valence-electron chi connectivity index (χ0n) is 8.45. The Morgan fingerprint density at radius 3 is 2.50 bits per heavy atom. The van der Waals surface area contributed by atoms with E-state index in [1.165, 1.54) is 17.4 Å². The van der Waals surface area contributed by atoms with Crippen molar-refractivity contribution in [1.29, 1.82) is 0 Å². The van der Waals surface area contributed by atoms with Crippen LogP contribution in [0.25, 0.3) is 0 Å². The van der Waals surface area contributed by atoms with E-state index in [0.29, 0.717) is 6.54 Å². The van der Waals surface area contributed by atoms with Crippen molar-refractivity contribution >= 4 is 10.0 Å². The molecule has 1 aromatic carbocycles. The lowest BCUT2D eigenvalue weighted by Crippen LogP contribution is -2.24. The van der Waals surface area contributed by atoms with Crippen LogP contribution in [0.15, 0.2) is 24.3 Å². The van der Waals surface area contributed by atoms with E-state index < -0.39 is 10.0 Å². The molecule has 0 spiro atoms. The first-order valence-corrected chi connectivity index (χ1v) is 6.37. The van der Waals surface area contributed by atoms with Crippen LogP contribution in [0.1, 0.15) is 11.1 Å². The highest BCUT2D eigenvalue weighted by Crippen LogP contribution is 2.06. The first-order valence-electron chi connectivity index (χ1n) is 4.48. The summed E-state index contributed by atoms with van der Waals surface area (Å²) in [5.74, 6) is 0. The average molecular weight is 213 g/mol. The van der Waals surface area contributed by atoms with Gasteiger partial charge in [-0.15, -0.1) is 0 Å². The van der Waals surface area contributed by atoms with Gasteiger partial charge in [-0.3, -0.25) is 0 Å². The first kappa shape index (κ1) is 11.2. The zero-order chi connectivity index (χ0) is 10.6. The Bertz CT molecular complexity index is 398. The molecule has 0 unspecified atom stereocenters. The fourth-order valence-corrected chi connectivity index (χ4v) is 1.73. The fraction of sp³-hybridized carbons (Fsp3) is 0.400. The molecule has 4 heteroatoms. The molecule has 0 heterocycles. The number of benzene rings is 1. The first-order chi connectivity index (χ1) is 6.49. The molecule has 0 aromatic heterocycles. The normalized spacial score (nSPS) is 11.6. The van der Waals surface area contributed by atoms with Crippen molar-refractivity contribution in [1.82, 2.24) is 4.72 Å². The lowest BCUT2D eigenvalue weighted by atomic mass is 10.1. The highest BCUT2D eigenvalue weighted by atomic mass is 32.2. The summed E-state index contributed by atoms with van der Waals surface area (Å²) in [5, 5.41) is 0. The van der Waals surface area contributed by atoms with Crippen LogP contribution in [-0.2, 0) is 16.4 Å². The van der Waals surface area contributed by atoms with Gasteiger partial charge < -0.3 is 0 Å². The smallest absolute Gasteiger partial charge is 0.208 e. The van der Waals surface area contributed by atoms with Gasteiger partial charge in [0.25, 0.3) is 0 Å². The Hall–Kier alpha value is -0.870. The van der Waals surface area contributed by atoms with E-state index in [1.54, 1.807) is 0 Å². The van der Waals surface area contributed by atoms with Gasteiger partial charge in [0.05, 0.1) is 6.26 Å². The Labute approximate surface area is 85.2 Å². The van der Waals surface area contributed by atoms with E-state index in [0.717, 1.165) is 6.42 Å². The lowest BCUT2D eigenvalue weighted by Gasteiger charge is -2.05. The van der Waals surface area contributed by atoms with E-state index in [2.05, 4.69) is 4.72 Å². The number of sulfonamides is 1. The molecule has 78 valence electrons. The van der Waals surface area contributed by atoms with Crippen LogP contribution >= 0.6 is 0 Å². The van der Waals surface area contributed by atoms with E-state index in [1.807, 2.05) is 31.2 Å². The minimum atomic E-state index is -3.06. The molecule has 0 aliphatic heterocycles. The monoisotopic (exact) mass is 213 g/mol. The largest absolute Gasteiger partial charge is 0.215 e. The highest BCUT2D eigenvalue weighted by Gasteiger charge is 2.01. The van der Waals surface area contributed by atoms with Crippen molar-refractivity contribution in [3.63, 3.8) is 0 Å². The van der Waals surface area contributed by atoms with Gasteiger partial charge in [0.2, 0.25) is 10.0 Å². The summed E-state index contributed by atoms with van der Waals surface area (Å²) < 4.78 is 24.1. The molecule has 3 nitrogen and oxygen atoms in total. The quantitative estimate of drug-likeness (QED) is 0.813. The van der Waals surface area contributed by atoms with Gasteiger partial charge in [-0.25, -0.2) is 13.1 Å². The maximum Gasteiger partial charge on any atom is 0.208 e. The Kier molecular flexibility index (Phi) is 3.66. The molecule has 0 aliphatic carbocycles. The molecule has 0 bridgehead atoms. The molecule has 0 fully saturated rings. The van der Waals surface area contributed by atoms with Gasteiger partial charge in [0.15, 0.2) is 0 Å². The van der Waals surface area contributed by atoms with E-state index in [-0.39, 0.29) is 0 Å². The molecule has 0 radical (unpaired) electrons. The van der Waals surface area contributed by atoms with Crippen molar-refractivity contribution in [3.05, 3.63) is 35.4 Å². The molecule has 0 atom stereocenters. The second-order valence-electron chi connectivity index (χ2n) is 3.34. The summed E-state index contributed by atoms with van der Waals surface area (Å²) in [5.41, 5.74) is 2.38. The topological polar surface area (TPSA) is 46.2 Å². The zero-order valence-corrected chi connectivity index (χ0v) is 9.26. The van der Waals surface area contributed by atoms with Crippen LogP contribution in [0.5, 0.6) is 0 Å². The van der Waals surface area contributed by atoms with Gasteiger partial charge in [0, 0.05) is 6.54 Å². The molecule has 0 amide bonds. The molecule has 0 aliphatic rings. The maximum atomic E-state index is 10.8. The number of hydrogen-bond donors (Lipinski definition) is 1. The molecular formula is C10H15NO2S. The molecule has 0 saturated carbocycles. The van der Waals surface area contributed by atoms with Crippen molar-refractivity contribution in [3.8, 4) is 0 Å². The molecule has 0 saturated heterocycles. The van der Waals surface area contributed by atoms with Gasteiger partial charge in [-0.05, 0) is 24.5 Å². The second-order valence-corrected chi connectivity index (χ2v) is 5.18. The standard InChI is InChI=1S/C10H15NO2S/c1-9-5-3-4-6-10(9)7-8-11-14(2,12)13/h3-6,11H,7-8H2,1-2H3.